The van der Waals surface area contributed by atoms with Crippen LogP contribution in [0.1, 0.15) is 52.0 Å². The summed E-state index contributed by atoms with van der Waals surface area (Å²) in [5.41, 5.74) is 1.11. The molecular formula is C25H37N5O2. The molecule has 0 saturated carbocycles. The lowest BCUT2D eigenvalue weighted by atomic mass is 10.0. The molecule has 32 heavy (non-hydrogen) atoms. The van der Waals surface area contributed by atoms with Gasteiger partial charge in [0.2, 0.25) is 5.91 Å². The lowest BCUT2D eigenvalue weighted by molar-refractivity contribution is -0.118. The summed E-state index contributed by atoms with van der Waals surface area (Å²) < 4.78 is 8.01. The molecule has 1 amide bonds. The Morgan fingerprint density at radius 2 is 2.06 bits per heavy atom. The van der Waals surface area contributed by atoms with Gasteiger partial charge >= 0.3 is 0 Å². The average molecular weight is 440 g/mol. The minimum absolute atomic E-state index is 0.0340. The van der Waals surface area contributed by atoms with E-state index in [9.17, 15) is 4.79 Å². The van der Waals surface area contributed by atoms with Crippen molar-refractivity contribution in [3.63, 3.8) is 0 Å². The monoisotopic (exact) mass is 439 g/mol. The van der Waals surface area contributed by atoms with Crippen molar-refractivity contribution in [3.8, 4) is 5.75 Å². The number of aromatic nitrogens is 2. The zero-order valence-electron chi connectivity index (χ0n) is 19.6. The molecule has 0 aliphatic carbocycles. The van der Waals surface area contributed by atoms with Crippen molar-refractivity contribution < 1.29 is 9.53 Å². The van der Waals surface area contributed by atoms with E-state index in [0.29, 0.717) is 12.4 Å². The molecule has 174 valence electrons. The molecule has 1 fully saturated rings. The highest BCUT2D eigenvalue weighted by atomic mass is 16.5. The second kappa shape index (κ2) is 10.0. The highest BCUT2D eigenvalue weighted by Gasteiger charge is 2.28. The number of imidazole rings is 1. The normalized spacial score (nSPS) is 19.9. The topological polar surface area (TPSA) is 71.4 Å². The molecule has 0 radical (unpaired) electrons. The van der Waals surface area contributed by atoms with Crippen LogP contribution in [0.2, 0.25) is 0 Å². The van der Waals surface area contributed by atoms with Crippen molar-refractivity contribution in [3.05, 3.63) is 42.4 Å². The summed E-state index contributed by atoms with van der Waals surface area (Å²) in [5.74, 6) is 1.52. The van der Waals surface area contributed by atoms with E-state index in [0.717, 1.165) is 31.6 Å². The second-order valence-electron chi connectivity index (χ2n) is 9.78. The Kier molecular flexibility index (Phi) is 7.16. The third-order valence-electron chi connectivity index (χ3n) is 6.55. The summed E-state index contributed by atoms with van der Waals surface area (Å²) in [5, 5.41) is 6.56. The number of nitrogens with one attached hydrogen (secondary N) is 2. The molecule has 2 N–H and O–H groups in total. The minimum Gasteiger partial charge on any atom is -0.492 e. The molecule has 2 atom stereocenters. The first-order valence-electron chi connectivity index (χ1n) is 12.0. The molecule has 1 aromatic heterocycles. The molecule has 0 bridgehead atoms. The Hall–Kier alpha value is -2.38. The van der Waals surface area contributed by atoms with Gasteiger partial charge in [0.15, 0.2) is 5.82 Å². The van der Waals surface area contributed by atoms with Crippen molar-refractivity contribution in [1.82, 2.24) is 19.8 Å². The number of hydrogen-bond acceptors (Lipinski definition) is 5. The van der Waals surface area contributed by atoms with E-state index >= 15 is 0 Å². The van der Waals surface area contributed by atoms with Gasteiger partial charge in [0.1, 0.15) is 12.4 Å². The lowest BCUT2D eigenvalue weighted by Crippen LogP contribution is -2.50. The molecule has 3 heterocycles. The first kappa shape index (κ1) is 22.8. The van der Waals surface area contributed by atoms with Crippen LogP contribution in [0.4, 0.5) is 5.82 Å². The zero-order chi connectivity index (χ0) is 22.6. The summed E-state index contributed by atoms with van der Waals surface area (Å²) in [7, 11) is 0. The summed E-state index contributed by atoms with van der Waals surface area (Å²) in [6, 6.07) is 7.96. The fraction of sp³-hybridized carbons (Fsp3) is 0.600. The van der Waals surface area contributed by atoms with Crippen LogP contribution in [0.3, 0.4) is 0 Å². The van der Waals surface area contributed by atoms with Gasteiger partial charge in [0.05, 0.1) is 17.9 Å². The van der Waals surface area contributed by atoms with Gasteiger partial charge in [0.25, 0.3) is 0 Å². The minimum atomic E-state index is -0.276. The maximum Gasteiger partial charge on any atom is 0.242 e. The number of anilines is 1. The second-order valence-corrected chi connectivity index (χ2v) is 9.78. The Morgan fingerprint density at radius 3 is 2.84 bits per heavy atom. The van der Waals surface area contributed by atoms with Crippen LogP contribution < -0.4 is 15.4 Å². The Bertz CT molecular complexity index is 903. The summed E-state index contributed by atoms with van der Waals surface area (Å²) in [6.07, 6.45) is 8.91. The maximum absolute atomic E-state index is 13.1. The number of carbonyl (C=O) groups is 1. The molecule has 1 aromatic carbocycles. The highest BCUT2D eigenvalue weighted by molar-refractivity contribution is 5.94. The number of fused-ring (bicyclic) bond motifs is 1. The largest absolute Gasteiger partial charge is 0.492 e. The number of para-hydroxylation sites is 1. The van der Waals surface area contributed by atoms with Crippen LogP contribution in [0, 0.1) is 0 Å². The summed E-state index contributed by atoms with van der Waals surface area (Å²) in [4.78, 5) is 20.1. The number of rotatable bonds is 9. The van der Waals surface area contributed by atoms with Crippen LogP contribution in [0.15, 0.2) is 36.8 Å². The number of nitrogens with zero attached hydrogens (tertiary/aromatic N) is 3. The third-order valence-corrected chi connectivity index (χ3v) is 6.55. The van der Waals surface area contributed by atoms with Gasteiger partial charge in [-0.05, 0) is 64.3 Å². The lowest BCUT2D eigenvalue weighted by Gasteiger charge is -2.31. The predicted octanol–water partition coefficient (Wildman–Crippen LogP) is 3.41. The number of ether oxygens (including phenoxy) is 1. The SMILES string of the molecule is CCC[C@H](N[C@@H]1COc2ccccc2C1)C(=O)Nc1cn(C(C)(C)CN2CCCC2)cn1. The Labute approximate surface area is 191 Å². The van der Waals surface area contributed by atoms with Gasteiger partial charge in [-0.15, -0.1) is 0 Å². The third kappa shape index (κ3) is 5.51. The number of carbonyl (C=O) groups excluding carboxylic acids is 1. The van der Waals surface area contributed by atoms with Crippen molar-refractivity contribution in [2.24, 2.45) is 0 Å². The van der Waals surface area contributed by atoms with Crippen molar-refractivity contribution >= 4 is 11.7 Å². The van der Waals surface area contributed by atoms with Crippen molar-refractivity contribution in [1.29, 1.82) is 0 Å². The number of benzene rings is 1. The van der Waals surface area contributed by atoms with E-state index < -0.39 is 0 Å². The molecule has 1 saturated heterocycles. The molecule has 0 spiro atoms. The van der Waals surface area contributed by atoms with Crippen molar-refractivity contribution in [2.45, 2.75) is 70.5 Å². The van der Waals surface area contributed by atoms with Crippen LogP contribution in [0.25, 0.3) is 0 Å². The van der Waals surface area contributed by atoms with Gasteiger partial charge in [-0.25, -0.2) is 4.98 Å². The van der Waals surface area contributed by atoms with Gasteiger partial charge < -0.3 is 19.5 Å². The van der Waals surface area contributed by atoms with Crippen LogP contribution in [0.5, 0.6) is 5.75 Å². The quantitative estimate of drug-likeness (QED) is 0.627. The molecule has 2 aromatic rings. The fourth-order valence-electron chi connectivity index (χ4n) is 4.80. The maximum atomic E-state index is 13.1. The highest BCUT2D eigenvalue weighted by Crippen LogP contribution is 2.25. The van der Waals surface area contributed by atoms with E-state index in [1.165, 1.54) is 31.5 Å². The molecule has 4 rings (SSSR count). The van der Waals surface area contributed by atoms with E-state index in [-0.39, 0.29) is 23.5 Å². The molecule has 2 aliphatic rings. The van der Waals surface area contributed by atoms with Crippen LogP contribution >= 0.6 is 0 Å². The summed E-state index contributed by atoms with van der Waals surface area (Å²) >= 11 is 0. The fourth-order valence-corrected chi connectivity index (χ4v) is 4.80. The number of hydrogen-bond donors (Lipinski definition) is 2. The average Bonchev–Trinajstić information content (AvgIpc) is 3.45. The molecule has 7 nitrogen and oxygen atoms in total. The van der Waals surface area contributed by atoms with Gasteiger partial charge in [0, 0.05) is 18.8 Å². The standard InChI is InChI=1S/C25H37N5O2/c1-4-9-21(27-20-14-19-10-5-6-11-22(19)32-16-20)24(31)28-23-15-30(18-26-23)25(2,3)17-29-12-7-8-13-29/h5-6,10-11,15,18,20-21,27H,4,7-9,12-14,16-17H2,1-3H3,(H,28,31)/t20-,21-/m0/s1. The Morgan fingerprint density at radius 1 is 1.28 bits per heavy atom. The van der Waals surface area contributed by atoms with E-state index in [1.54, 1.807) is 0 Å². The first-order chi connectivity index (χ1) is 15.4. The molecule has 7 heteroatoms. The van der Waals surface area contributed by atoms with Crippen molar-refractivity contribution in [2.75, 3.05) is 31.6 Å². The smallest absolute Gasteiger partial charge is 0.242 e. The molecule has 2 aliphatic heterocycles. The van der Waals surface area contributed by atoms with E-state index in [2.05, 4.69) is 51.9 Å². The summed E-state index contributed by atoms with van der Waals surface area (Å²) in [6.45, 7) is 10.4. The van der Waals surface area contributed by atoms with Gasteiger partial charge in [-0.2, -0.15) is 0 Å². The number of likely N-dealkylation sites (tertiary alicyclic amines) is 1. The van der Waals surface area contributed by atoms with E-state index in [1.807, 2.05) is 30.7 Å². The Balaban J connectivity index is 1.36. The predicted molar refractivity (Wildman–Crippen MR) is 127 cm³/mol. The van der Waals surface area contributed by atoms with Gasteiger partial charge in [-0.3, -0.25) is 10.1 Å². The molecular weight excluding hydrogens is 402 g/mol. The van der Waals surface area contributed by atoms with Crippen LogP contribution in [-0.4, -0.2) is 58.7 Å². The first-order valence-corrected chi connectivity index (χ1v) is 12.0. The van der Waals surface area contributed by atoms with Gasteiger partial charge in [-0.1, -0.05) is 31.5 Å². The van der Waals surface area contributed by atoms with E-state index in [4.69, 9.17) is 4.74 Å². The van der Waals surface area contributed by atoms with Crippen LogP contribution in [-0.2, 0) is 16.8 Å². The number of amides is 1. The zero-order valence-corrected chi connectivity index (χ0v) is 19.6. The molecule has 0 unspecified atom stereocenters.